The molecule has 3 nitrogen and oxygen atoms in total. The van der Waals surface area contributed by atoms with Gasteiger partial charge in [-0.05, 0) is 51.9 Å². The largest absolute Gasteiger partial charge is 0.508 e. The van der Waals surface area contributed by atoms with E-state index in [0.29, 0.717) is 0 Å². The Labute approximate surface area is 147 Å². The normalized spacial score (nSPS) is 10.6. The number of hydrogen-bond acceptors (Lipinski definition) is 3. The fourth-order valence-electron chi connectivity index (χ4n) is 3.21. The van der Waals surface area contributed by atoms with E-state index in [4.69, 9.17) is 0 Å². The van der Waals surface area contributed by atoms with Gasteiger partial charge in [0.2, 0.25) is 0 Å². The highest BCUT2D eigenvalue weighted by Crippen LogP contribution is 2.37. The summed E-state index contributed by atoms with van der Waals surface area (Å²) in [4.78, 5) is 11.0. The molecule has 0 aliphatic heterocycles. The lowest BCUT2D eigenvalue weighted by Crippen LogP contribution is -1.96. The van der Waals surface area contributed by atoms with Crippen LogP contribution in [0.1, 0.15) is 24.5 Å². The maximum absolute atomic E-state index is 11.0. The summed E-state index contributed by atoms with van der Waals surface area (Å²) in [6.07, 6.45) is 1.99. The number of benzene rings is 3. The van der Waals surface area contributed by atoms with Gasteiger partial charge in [0.15, 0.2) is 0 Å². The minimum absolute atomic E-state index is 0.146. The minimum Gasteiger partial charge on any atom is -0.508 e. The number of aromatic hydroxyl groups is 1. The molecule has 0 aromatic heterocycles. The smallest absolute Gasteiger partial charge is 0.115 e. The van der Waals surface area contributed by atoms with E-state index in [9.17, 15) is 10.0 Å². The lowest BCUT2D eigenvalue weighted by molar-refractivity contribution is 0.475. The molecular weight excluding hydrogens is 310 g/mol. The first-order chi connectivity index (χ1) is 12.2. The van der Waals surface area contributed by atoms with Crippen molar-refractivity contribution in [1.29, 1.82) is 0 Å². The first kappa shape index (κ1) is 16.9. The van der Waals surface area contributed by atoms with Crippen LogP contribution in [0.25, 0.3) is 22.3 Å². The number of rotatable bonds is 6. The molecule has 0 amide bonds. The summed E-state index contributed by atoms with van der Waals surface area (Å²) in [7, 11) is 0. The van der Waals surface area contributed by atoms with E-state index in [1.807, 2.05) is 42.5 Å². The predicted octanol–water partition coefficient (Wildman–Crippen LogP) is 5.95. The van der Waals surface area contributed by atoms with Gasteiger partial charge in [0.1, 0.15) is 12.3 Å². The van der Waals surface area contributed by atoms with Crippen LogP contribution in [0.15, 0.2) is 71.9 Å². The van der Waals surface area contributed by atoms with Crippen LogP contribution in [0.4, 0.5) is 0 Å². The molecule has 3 rings (SSSR count). The summed E-state index contributed by atoms with van der Waals surface area (Å²) >= 11 is 0. The standard InChI is InChI=1S/C22H21NO2/c1-2-6-16-13-19(15-23-25)22(18-7-4-3-5-8-18)21(14-16)17-9-11-20(24)12-10-17/h3-5,7-14,24H,2,6,15H2,1H3. The average Bonchev–Trinajstić information content (AvgIpc) is 2.63. The molecular formula is C22H21NO2. The molecule has 3 aromatic carbocycles. The van der Waals surface area contributed by atoms with Crippen LogP contribution in [-0.4, -0.2) is 5.11 Å². The SMILES string of the molecule is CCCc1cc(CN=O)c(-c2ccccc2)c(-c2ccc(O)cc2)c1. The van der Waals surface area contributed by atoms with E-state index in [-0.39, 0.29) is 12.3 Å². The second-order valence-corrected chi connectivity index (χ2v) is 6.13. The fraction of sp³-hybridized carbons (Fsp3) is 0.182. The average molecular weight is 331 g/mol. The Hall–Kier alpha value is -2.94. The molecule has 1 N–H and O–H groups in total. The van der Waals surface area contributed by atoms with Crippen LogP contribution < -0.4 is 0 Å². The highest BCUT2D eigenvalue weighted by atomic mass is 16.3. The molecule has 0 heterocycles. The van der Waals surface area contributed by atoms with Gasteiger partial charge in [-0.2, -0.15) is 4.91 Å². The molecule has 0 unspecified atom stereocenters. The summed E-state index contributed by atoms with van der Waals surface area (Å²) in [5.74, 6) is 0.240. The number of phenolic OH excluding ortho intramolecular Hbond substituents is 1. The van der Waals surface area contributed by atoms with Gasteiger partial charge in [-0.3, -0.25) is 0 Å². The van der Waals surface area contributed by atoms with Crippen molar-refractivity contribution in [1.82, 2.24) is 0 Å². The summed E-state index contributed by atoms with van der Waals surface area (Å²) in [6.45, 7) is 2.29. The maximum atomic E-state index is 11.0. The molecule has 0 spiro atoms. The van der Waals surface area contributed by atoms with Gasteiger partial charge in [0.25, 0.3) is 0 Å². The van der Waals surface area contributed by atoms with Crippen molar-refractivity contribution in [3.63, 3.8) is 0 Å². The topological polar surface area (TPSA) is 49.7 Å². The predicted molar refractivity (Wildman–Crippen MR) is 102 cm³/mol. The molecule has 0 aliphatic rings. The number of nitroso groups, excluding NO2 is 1. The molecule has 3 heteroatoms. The zero-order valence-corrected chi connectivity index (χ0v) is 14.3. The Kier molecular flexibility index (Phi) is 5.24. The molecule has 0 saturated carbocycles. The third-order valence-electron chi connectivity index (χ3n) is 4.29. The van der Waals surface area contributed by atoms with Crippen molar-refractivity contribution in [3.8, 4) is 28.0 Å². The van der Waals surface area contributed by atoms with E-state index >= 15 is 0 Å². The summed E-state index contributed by atoms with van der Waals surface area (Å²) < 4.78 is 0. The van der Waals surface area contributed by atoms with Crippen LogP contribution in [0.3, 0.4) is 0 Å². The van der Waals surface area contributed by atoms with Crippen LogP contribution in [-0.2, 0) is 13.0 Å². The number of hydrogen-bond donors (Lipinski definition) is 1. The first-order valence-electron chi connectivity index (χ1n) is 8.52. The van der Waals surface area contributed by atoms with Crippen molar-refractivity contribution in [2.45, 2.75) is 26.3 Å². The first-order valence-corrected chi connectivity index (χ1v) is 8.52. The van der Waals surface area contributed by atoms with Crippen molar-refractivity contribution in [2.24, 2.45) is 5.18 Å². The van der Waals surface area contributed by atoms with Crippen LogP contribution in [0.2, 0.25) is 0 Å². The third kappa shape index (κ3) is 3.77. The Bertz CT molecular complexity index is 855. The van der Waals surface area contributed by atoms with Gasteiger partial charge in [0, 0.05) is 0 Å². The highest BCUT2D eigenvalue weighted by Gasteiger charge is 2.15. The minimum atomic E-state index is 0.146. The molecule has 0 saturated heterocycles. The summed E-state index contributed by atoms with van der Waals surface area (Å²) in [6, 6.07) is 21.5. The van der Waals surface area contributed by atoms with E-state index in [1.165, 1.54) is 5.56 Å². The van der Waals surface area contributed by atoms with E-state index < -0.39 is 0 Å². The van der Waals surface area contributed by atoms with Crippen molar-refractivity contribution in [2.75, 3.05) is 0 Å². The van der Waals surface area contributed by atoms with Gasteiger partial charge in [-0.25, -0.2) is 0 Å². The Morgan fingerprint density at radius 1 is 0.920 bits per heavy atom. The summed E-state index contributed by atoms with van der Waals surface area (Å²) in [5, 5.41) is 12.8. The van der Waals surface area contributed by atoms with Gasteiger partial charge in [-0.15, -0.1) is 0 Å². The lowest BCUT2D eigenvalue weighted by atomic mass is 9.88. The van der Waals surface area contributed by atoms with Gasteiger partial charge >= 0.3 is 0 Å². The maximum Gasteiger partial charge on any atom is 0.115 e. The number of nitrogens with zero attached hydrogens (tertiary/aromatic N) is 1. The Morgan fingerprint density at radius 2 is 1.64 bits per heavy atom. The molecule has 25 heavy (non-hydrogen) atoms. The van der Waals surface area contributed by atoms with E-state index in [0.717, 1.165) is 40.7 Å². The Balaban J connectivity index is 2.28. The molecule has 0 bridgehead atoms. The molecule has 0 fully saturated rings. The lowest BCUT2D eigenvalue weighted by Gasteiger charge is -2.17. The highest BCUT2D eigenvalue weighted by molar-refractivity contribution is 5.86. The molecule has 3 aromatic rings. The van der Waals surface area contributed by atoms with Crippen LogP contribution in [0.5, 0.6) is 5.75 Å². The van der Waals surface area contributed by atoms with Gasteiger partial charge < -0.3 is 5.11 Å². The van der Waals surface area contributed by atoms with Gasteiger partial charge in [0.05, 0.1) is 0 Å². The number of phenols is 1. The monoisotopic (exact) mass is 331 g/mol. The molecule has 0 radical (unpaired) electrons. The van der Waals surface area contributed by atoms with Gasteiger partial charge in [-0.1, -0.05) is 73.1 Å². The van der Waals surface area contributed by atoms with Crippen LogP contribution in [0, 0.1) is 4.91 Å². The molecule has 0 aliphatic carbocycles. The Morgan fingerprint density at radius 3 is 2.28 bits per heavy atom. The molecule has 126 valence electrons. The van der Waals surface area contributed by atoms with E-state index in [2.05, 4.69) is 24.2 Å². The third-order valence-corrected chi connectivity index (χ3v) is 4.29. The second-order valence-electron chi connectivity index (χ2n) is 6.13. The zero-order valence-electron chi connectivity index (χ0n) is 14.3. The van der Waals surface area contributed by atoms with Crippen molar-refractivity contribution in [3.05, 3.63) is 82.8 Å². The zero-order chi connectivity index (χ0) is 17.6. The summed E-state index contributed by atoms with van der Waals surface area (Å²) in [5.41, 5.74) is 6.31. The number of aryl methyl sites for hydroxylation is 1. The van der Waals surface area contributed by atoms with Crippen molar-refractivity contribution >= 4 is 0 Å². The van der Waals surface area contributed by atoms with Crippen LogP contribution >= 0.6 is 0 Å². The molecule has 0 atom stereocenters. The van der Waals surface area contributed by atoms with E-state index in [1.54, 1.807) is 12.1 Å². The second kappa shape index (κ2) is 7.75. The fourth-order valence-corrected chi connectivity index (χ4v) is 3.21. The quantitative estimate of drug-likeness (QED) is 0.568. The van der Waals surface area contributed by atoms with Crippen molar-refractivity contribution < 1.29 is 5.11 Å².